The summed E-state index contributed by atoms with van der Waals surface area (Å²) >= 11 is 1.52. The van der Waals surface area contributed by atoms with Crippen molar-refractivity contribution in [2.45, 2.75) is 25.6 Å². The van der Waals surface area contributed by atoms with Crippen molar-refractivity contribution in [2.75, 3.05) is 6.61 Å². The molecule has 0 spiro atoms. The molecule has 106 valence electrons. The van der Waals surface area contributed by atoms with E-state index < -0.39 is 5.91 Å². The second-order valence-electron chi connectivity index (χ2n) is 4.40. The maximum Gasteiger partial charge on any atom is 0.297 e. The van der Waals surface area contributed by atoms with Gasteiger partial charge in [0.05, 0.1) is 4.88 Å². The highest BCUT2D eigenvalue weighted by Crippen LogP contribution is 2.25. The van der Waals surface area contributed by atoms with Crippen LogP contribution in [-0.4, -0.2) is 24.0 Å². The van der Waals surface area contributed by atoms with E-state index in [-0.39, 0.29) is 12.0 Å². The topological polar surface area (TPSA) is 73.6 Å². The molecule has 0 radical (unpaired) electrons. The number of carbonyl (C=O) groups is 1. The fraction of sp³-hybridized carbons (Fsp3) is 0.385. The molecule has 2 aromatic rings. The lowest BCUT2D eigenvalue weighted by atomic mass is 10.2. The summed E-state index contributed by atoms with van der Waals surface area (Å²) in [5, 5.41) is 5.67. The van der Waals surface area contributed by atoms with Crippen molar-refractivity contribution in [1.82, 2.24) is 10.6 Å². The second kappa shape index (κ2) is 6.17. The van der Waals surface area contributed by atoms with Gasteiger partial charge in [0.15, 0.2) is 17.7 Å². The highest BCUT2D eigenvalue weighted by molar-refractivity contribution is 7.13. The van der Waals surface area contributed by atoms with Crippen LogP contribution in [0, 0.1) is 0 Å². The molecule has 1 aliphatic rings. The molecule has 1 fully saturated rings. The number of ether oxygens (including phenoxy) is 1. The van der Waals surface area contributed by atoms with E-state index in [1.165, 1.54) is 11.3 Å². The maximum atomic E-state index is 11.9. The van der Waals surface area contributed by atoms with Gasteiger partial charge in [0, 0.05) is 19.1 Å². The molecule has 1 saturated heterocycles. The fourth-order valence-electron chi connectivity index (χ4n) is 1.89. The average Bonchev–Trinajstić information content (AvgIpc) is 3.16. The molecule has 6 nitrogen and oxygen atoms in total. The first-order chi connectivity index (χ1) is 9.83. The van der Waals surface area contributed by atoms with Gasteiger partial charge in [0.25, 0.3) is 5.91 Å². The van der Waals surface area contributed by atoms with Gasteiger partial charge < -0.3 is 9.26 Å². The number of carbonyl (C=O) groups excluding carboxylic acids is 1. The molecular weight excluding hydrogens is 280 g/mol. The first kappa shape index (κ1) is 13.3. The number of rotatable bonds is 4. The lowest BCUT2D eigenvalue weighted by Crippen LogP contribution is -2.33. The molecule has 1 unspecified atom stereocenters. The van der Waals surface area contributed by atoms with E-state index in [0.29, 0.717) is 12.4 Å². The monoisotopic (exact) mass is 294 g/mol. The molecule has 1 amide bonds. The van der Waals surface area contributed by atoms with Gasteiger partial charge in [-0.15, -0.1) is 11.3 Å². The van der Waals surface area contributed by atoms with E-state index in [4.69, 9.17) is 14.1 Å². The van der Waals surface area contributed by atoms with Crippen LogP contribution in [0.2, 0.25) is 0 Å². The Morgan fingerprint density at radius 2 is 2.45 bits per heavy atom. The maximum absolute atomic E-state index is 11.9. The largest absolute Gasteiger partial charge is 0.355 e. The molecule has 1 N–H and O–H groups in total. The van der Waals surface area contributed by atoms with Gasteiger partial charge in [-0.2, -0.15) is 0 Å². The SMILES string of the molecule is O=C(NOC1CCCCO1)c1cc(-c2cccs2)on1. The Balaban J connectivity index is 1.57. The third-order valence-corrected chi connectivity index (χ3v) is 3.81. The Labute approximate surface area is 119 Å². The van der Waals surface area contributed by atoms with Crippen LogP contribution < -0.4 is 5.48 Å². The zero-order chi connectivity index (χ0) is 13.8. The Hall–Kier alpha value is -1.70. The smallest absolute Gasteiger partial charge is 0.297 e. The van der Waals surface area contributed by atoms with Gasteiger partial charge in [-0.05, 0) is 24.3 Å². The summed E-state index contributed by atoms with van der Waals surface area (Å²) in [6.45, 7) is 0.660. The van der Waals surface area contributed by atoms with Gasteiger partial charge >= 0.3 is 0 Å². The number of hydrogen-bond acceptors (Lipinski definition) is 6. The Morgan fingerprint density at radius 3 is 3.20 bits per heavy atom. The van der Waals surface area contributed by atoms with Crippen LogP contribution in [0.25, 0.3) is 10.6 Å². The van der Waals surface area contributed by atoms with Crippen molar-refractivity contribution in [3.63, 3.8) is 0 Å². The van der Waals surface area contributed by atoms with Crippen LogP contribution in [0.15, 0.2) is 28.1 Å². The molecule has 1 aliphatic heterocycles. The van der Waals surface area contributed by atoms with Crippen molar-refractivity contribution >= 4 is 17.2 Å². The standard InChI is InChI=1S/C13H14N2O4S/c16-13(15-19-12-5-1-2-6-17-12)9-8-10(18-14-9)11-4-3-7-20-11/h3-4,7-8,12H,1-2,5-6H2,(H,15,16). The van der Waals surface area contributed by atoms with Crippen molar-refractivity contribution in [3.05, 3.63) is 29.3 Å². The number of thiophene rings is 1. The average molecular weight is 294 g/mol. The van der Waals surface area contributed by atoms with E-state index in [9.17, 15) is 4.79 Å². The molecule has 2 aromatic heterocycles. The summed E-state index contributed by atoms with van der Waals surface area (Å²) in [4.78, 5) is 18.0. The number of amides is 1. The van der Waals surface area contributed by atoms with E-state index in [1.54, 1.807) is 6.07 Å². The first-order valence-electron chi connectivity index (χ1n) is 6.41. The molecule has 3 rings (SSSR count). The minimum absolute atomic E-state index is 0.184. The molecule has 0 saturated carbocycles. The fourth-order valence-corrected chi connectivity index (χ4v) is 2.57. The number of nitrogens with zero attached hydrogens (tertiary/aromatic N) is 1. The number of nitrogens with one attached hydrogen (secondary N) is 1. The zero-order valence-corrected chi connectivity index (χ0v) is 11.5. The Bertz CT molecular complexity index is 561. The van der Waals surface area contributed by atoms with Crippen LogP contribution in [0.1, 0.15) is 29.8 Å². The van der Waals surface area contributed by atoms with Crippen LogP contribution in [0.4, 0.5) is 0 Å². The minimum atomic E-state index is -0.439. The number of aromatic nitrogens is 1. The first-order valence-corrected chi connectivity index (χ1v) is 7.29. The lowest BCUT2D eigenvalue weighted by molar-refractivity contribution is -0.186. The molecule has 3 heterocycles. The van der Waals surface area contributed by atoms with Crippen LogP contribution in [-0.2, 0) is 9.57 Å². The van der Waals surface area contributed by atoms with E-state index >= 15 is 0 Å². The highest BCUT2D eigenvalue weighted by Gasteiger charge is 2.18. The molecule has 20 heavy (non-hydrogen) atoms. The summed E-state index contributed by atoms with van der Waals surface area (Å²) in [6, 6.07) is 5.40. The van der Waals surface area contributed by atoms with Crippen molar-refractivity contribution in [3.8, 4) is 10.6 Å². The summed E-state index contributed by atoms with van der Waals surface area (Å²) in [5.41, 5.74) is 2.53. The van der Waals surface area contributed by atoms with Gasteiger partial charge in [0.1, 0.15) is 0 Å². The van der Waals surface area contributed by atoms with Gasteiger partial charge in [-0.25, -0.2) is 10.3 Å². The van der Waals surface area contributed by atoms with Gasteiger partial charge in [0.2, 0.25) is 0 Å². The molecule has 1 atom stereocenters. The third-order valence-electron chi connectivity index (χ3n) is 2.93. The van der Waals surface area contributed by atoms with Crippen LogP contribution >= 0.6 is 11.3 Å². The number of hydrogen-bond donors (Lipinski definition) is 1. The van der Waals surface area contributed by atoms with E-state index in [2.05, 4.69) is 10.6 Å². The van der Waals surface area contributed by atoms with Crippen molar-refractivity contribution in [1.29, 1.82) is 0 Å². The van der Waals surface area contributed by atoms with Crippen LogP contribution in [0.3, 0.4) is 0 Å². The predicted molar refractivity (Wildman–Crippen MR) is 72.0 cm³/mol. The predicted octanol–water partition coefficient (Wildman–Crippen LogP) is 2.59. The summed E-state index contributed by atoms with van der Waals surface area (Å²) in [7, 11) is 0. The van der Waals surface area contributed by atoms with Crippen LogP contribution in [0.5, 0.6) is 0 Å². The minimum Gasteiger partial charge on any atom is -0.355 e. The summed E-state index contributed by atoms with van der Waals surface area (Å²) < 4.78 is 10.5. The molecule has 0 bridgehead atoms. The zero-order valence-electron chi connectivity index (χ0n) is 10.7. The van der Waals surface area contributed by atoms with Crippen molar-refractivity contribution in [2.24, 2.45) is 0 Å². The quantitative estimate of drug-likeness (QED) is 0.877. The molecule has 0 aromatic carbocycles. The summed E-state index contributed by atoms with van der Waals surface area (Å²) in [6.07, 6.45) is 2.46. The Kier molecular flexibility index (Phi) is 4.10. The summed E-state index contributed by atoms with van der Waals surface area (Å²) in [5.74, 6) is 0.129. The lowest BCUT2D eigenvalue weighted by Gasteiger charge is -2.21. The number of hydroxylamine groups is 1. The molecular formula is C13H14N2O4S. The Morgan fingerprint density at radius 1 is 1.50 bits per heavy atom. The second-order valence-corrected chi connectivity index (χ2v) is 5.35. The molecule has 7 heteroatoms. The van der Waals surface area contributed by atoms with Crippen molar-refractivity contribution < 1.29 is 18.9 Å². The molecule has 0 aliphatic carbocycles. The third kappa shape index (κ3) is 3.06. The normalized spacial score (nSPS) is 18.9. The van der Waals surface area contributed by atoms with E-state index in [1.807, 2.05) is 17.5 Å². The highest BCUT2D eigenvalue weighted by atomic mass is 32.1. The van der Waals surface area contributed by atoms with E-state index in [0.717, 1.165) is 24.1 Å². The van der Waals surface area contributed by atoms with Gasteiger partial charge in [-0.1, -0.05) is 11.2 Å². The van der Waals surface area contributed by atoms with Gasteiger partial charge in [-0.3, -0.25) is 4.79 Å².